The van der Waals surface area contributed by atoms with E-state index in [1.165, 1.54) is 0 Å². The van der Waals surface area contributed by atoms with Crippen molar-refractivity contribution >= 4 is 29.6 Å². The van der Waals surface area contributed by atoms with Gasteiger partial charge in [-0.25, -0.2) is 0 Å². The Labute approximate surface area is 80.9 Å². The van der Waals surface area contributed by atoms with Gasteiger partial charge in [-0.3, -0.25) is 9.69 Å². The maximum absolute atomic E-state index is 11.1. The average Bonchev–Trinajstić information content (AvgIpc) is 2.08. The number of likely N-dealkylation sites (tertiary alicyclic amines) is 1. The summed E-state index contributed by atoms with van der Waals surface area (Å²) in [6.45, 7) is 0.544. The van der Waals surface area contributed by atoms with Gasteiger partial charge < -0.3 is 10.4 Å². The Hall–Kier alpha value is -1.14. The van der Waals surface area contributed by atoms with Crippen molar-refractivity contribution in [1.82, 2.24) is 4.90 Å². The highest BCUT2D eigenvalue weighted by atomic mass is 35.5. The molecule has 74 valence electrons. The quantitative estimate of drug-likeness (QED) is 0.418. The Bertz CT molecular complexity index is 240. The van der Waals surface area contributed by atoms with E-state index in [9.17, 15) is 4.79 Å². The molecule has 0 aliphatic carbocycles. The molecule has 0 aromatic carbocycles. The van der Waals surface area contributed by atoms with Crippen LogP contribution in [0.4, 0.5) is 0 Å². The zero-order chi connectivity index (χ0) is 9.14. The van der Waals surface area contributed by atoms with Crippen molar-refractivity contribution in [2.45, 2.75) is 0 Å². The lowest BCUT2D eigenvalue weighted by Gasteiger charge is -2.21. The summed E-state index contributed by atoms with van der Waals surface area (Å²) in [5.74, 6) is -0.502. The van der Waals surface area contributed by atoms with E-state index in [4.69, 9.17) is 10.4 Å². The summed E-state index contributed by atoms with van der Waals surface area (Å²) in [6, 6.07) is 0. The molecule has 7 heteroatoms. The van der Waals surface area contributed by atoms with Crippen molar-refractivity contribution in [3.63, 3.8) is 0 Å². The molecule has 1 saturated heterocycles. The molecule has 0 spiro atoms. The SMILES string of the molecule is CN1CC(=NO)C(=O)C(=NO)C1.Cl. The van der Waals surface area contributed by atoms with Gasteiger partial charge in [0.05, 0.1) is 0 Å². The van der Waals surface area contributed by atoms with Crippen molar-refractivity contribution in [3.05, 3.63) is 0 Å². The first kappa shape index (κ1) is 11.9. The molecule has 1 aliphatic rings. The minimum absolute atomic E-state index is 0. The molecule has 0 saturated carbocycles. The van der Waals surface area contributed by atoms with E-state index < -0.39 is 5.78 Å². The number of rotatable bonds is 0. The van der Waals surface area contributed by atoms with E-state index >= 15 is 0 Å². The minimum atomic E-state index is -0.502. The normalized spacial score (nSPS) is 24.8. The molecular formula is C6H10ClN3O3. The second-order valence-corrected chi connectivity index (χ2v) is 2.59. The van der Waals surface area contributed by atoms with Crippen molar-refractivity contribution in [2.75, 3.05) is 20.1 Å². The van der Waals surface area contributed by atoms with Crippen LogP contribution < -0.4 is 0 Å². The second-order valence-electron chi connectivity index (χ2n) is 2.59. The van der Waals surface area contributed by atoms with Gasteiger partial charge in [0.1, 0.15) is 11.4 Å². The first-order chi connectivity index (χ1) is 5.69. The van der Waals surface area contributed by atoms with Crippen LogP contribution in [0, 0.1) is 0 Å². The Morgan fingerprint density at radius 3 is 1.92 bits per heavy atom. The number of nitrogens with zero attached hydrogens (tertiary/aromatic N) is 3. The third-order valence-corrected chi connectivity index (χ3v) is 1.60. The van der Waals surface area contributed by atoms with Gasteiger partial charge in [0.15, 0.2) is 0 Å². The van der Waals surface area contributed by atoms with Crippen LogP contribution in [0.15, 0.2) is 10.3 Å². The number of carbonyl (C=O) groups excluding carboxylic acids is 1. The van der Waals surface area contributed by atoms with Crippen LogP contribution in [0.3, 0.4) is 0 Å². The van der Waals surface area contributed by atoms with E-state index in [0.717, 1.165) is 0 Å². The fourth-order valence-corrected chi connectivity index (χ4v) is 1.03. The molecule has 0 radical (unpaired) electrons. The lowest BCUT2D eigenvalue weighted by Crippen LogP contribution is -2.46. The molecular weight excluding hydrogens is 198 g/mol. The zero-order valence-electron chi connectivity index (χ0n) is 6.97. The third kappa shape index (κ3) is 2.40. The average molecular weight is 208 g/mol. The molecule has 1 heterocycles. The number of ketones is 1. The summed E-state index contributed by atoms with van der Waals surface area (Å²) in [7, 11) is 1.72. The molecule has 1 rings (SSSR count). The van der Waals surface area contributed by atoms with Gasteiger partial charge in [0.2, 0.25) is 5.78 Å². The maximum atomic E-state index is 11.1. The van der Waals surface area contributed by atoms with Crippen LogP contribution in [-0.2, 0) is 4.79 Å². The highest BCUT2D eigenvalue weighted by Gasteiger charge is 2.27. The lowest BCUT2D eigenvalue weighted by atomic mass is 10.1. The summed E-state index contributed by atoms with van der Waals surface area (Å²) < 4.78 is 0. The molecule has 6 nitrogen and oxygen atoms in total. The molecule has 1 aliphatic heterocycles. The van der Waals surface area contributed by atoms with Gasteiger partial charge in [-0.05, 0) is 7.05 Å². The van der Waals surface area contributed by atoms with Crippen LogP contribution in [0.2, 0.25) is 0 Å². The molecule has 0 atom stereocenters. The fraction of sp³-hybridized carbons (Fsp3) is 0.500. The predicted molar refractivity (Wildman–Crippen MR) is 48.2 cm³/mol. The fourth-order valence-electron chi connectivity index (χ4n) is 1.03. The van der Waals surface area contributed by atoms with Crippen molar-refractivity contribution in [3.8, 4) is 0 Å². The number of carbonyl (C=O) groups is 1. The van der Waals surface area contributed by atoms with E-state index in [2.05, 4.69) is 10.3 Å². The zero-order valence-corrected chi connectivity index (χ0v) is 7.78. The van der Waals surface area contributed by atoms with Gasteiger partial charge in [0, 0.05) is 13.1 Å². The van der Waals surface area contributed by atoms with Gasteiger partial charge in [-0.15, -0.1) is 12.4 Å². The molecule has 0 bridgehead atoms. The smallest absolute Gasteiger partial charge is 0.230 e. The molecule has 13 heavy (non-hydrogen) atoms. The third-order valence-electron chi connectivity index (χ3n) is 1.60. The van der Waals surface area contributed by atoms with Crippen molar-refractivity contribution in [1.29, 1.82) is 0 Å². The van der Waals surface area contributed by atoms with Crippen LogP contribution in [-0.4, -0.2) is 52.7 Å². The summed E-state index contributed by atoms with van der Waals surface area (Å²) in [6.07, 6.45) is 0. The highest BCUT2D eigenvalue weighted by molar-refractivity contribution is 6.68. The van der Waals surface area contributed by atoms with Crippen LogP contribution in [0.1, 0.15) is 0 Å². The Morgan fingerprint density at radius 1 is 1.23 bits per heavy atom. The van der Waals surface area contributed by atoms with Gasteiger partial charge >= 0.3 is 0 Å². The summed E-state index contributed by atoms with van der Waals surface area (Å²) in [5, 5.41) is 22.4. The largest absolute Gasteiger partial charge is 0.410 e. The van der Waals surface area contributed by atoms with Gasteiger partial charge in [-0.1, -0.05) is 10.3 Å². The molecule has 2 N–H and O–H groups in total. The topological polar surface area (TPSA) is 85.5 Å². The monoisotopic (exact) mass is 207 g/mol. The summed E-state index contributed by atoms with van der Waals surface area (Å²) >= 11 is 0. The Balaban J connectivity index is 0.00000144. The molecule has 0 aromatic rings. The summed E-state index contributed by atoms with van der Waals surface area (Å²) in [5.41, 5.74) is -0.00639. The van der Waals surface area contributed by atoms with Crippen molar-refractivity contribution < 1.29 is 15.2 Å². The summed E-state index contributed by atoms with van der Waals surface area (Å²) in [4.78, 5) is 12.8. The van der Waals surface area contributed by atoms with Gasteiger partial charge in [0.25, 0.3) is 0 Å². The predicted octanol–water partition coefficient (Wildman–Crippen LogP) is -0.417. The van der Waals surface area contributed by atoms with Crippen LogP contribution >= 0.6 is 12.4 Å². The number of hydrogen-bond acceptors (Lipinski definition) is 6. The number of oxime groups is 2. The maximum Gasteiger partial charge on any atom is 0.230 e. The Morgan fingerprint density at radius 2 is 1.62 bits per heavy atom. The van der Waals surface area contributed by atoms with E-state index in [0.29, 0.717) is 0 Å². The number of hydrogen-bond donors (Lipinski definition) is 2. The molecule has 0 unspecified atom stereocenters. The first-order valence-electron chi connectivity index (χ1n) is 3.34. The lowest BCUT2D eigenvalue weighted by molar-refractivity contribution is -0.108. The van der Waals surface area contributed by atoms with Gasteiger partial charge in [-0.2, -0.15) is 0 Å². The number of halogens is 1. The molecule has 0 aromatic heterocycles. The van der Waals surface area contributed by atoms with E-state index in [1.54, 1.807) is 11.9 Å². The van der Waals surface area contributed by atoms with Crippen LogP contribution in [0.5, 0.6) is 0 Å². The number of piperidine rings is 1. The highest BCUT2D eigenvalue weighted by Crippen LogP contribution is 1.99. The Kier molecular flexibility index (Phi) is 4.36. The molecule has 1 fully saturated rings. The molecule has 0 amide bonds. The van der Waals surface area contributed by atoms with E-state index in [1.807, 2.05) is 0 Å². The van der Waals surface area contributed by atoms with E-state index in [-0.39, 0.29) is 36.9 Å². The standard InChI is InChI=1S/C6H9N3O3.ClH/c1-9-2-4(7-11)6(10)5(3-9)8-12;/h11-12H,2-3H2,1H3;1H. The minimum Gasteiger partial charge on any atom is -0.410 e. The number of Topliss-reactive ketones (excluding diaryl/α,β-unsaturated/α-hetero) is 1. The second kappa shape index (κ2) is 4.78. The first-order valence-corrected chi connectivity index (χ1v) is 3.34. The van der Waals surface area contributed by atoms with Crippen LogP contribution in [0.25, 0.3) is 0 Å². The van der Waals surface area contributed by atoms with Crippen molar-refractivity contribution in [2.24, 2.45) is 10.3 Å².